The van der Waals surface area contributed by atoms with Crippen LogP contribution in [0.1, 0.15) is 78.8 Å². The zero-order valence-corrected chi connectivity index (χ0v) is 27.6. The molecule has 9 heteroatoms. The zero-order chi connectivity index (χ0) is 31.8. The Kier molecular flexibility index (Phi) is 6.96. The molecular weight excluding hydrogens is 562 g/mol. The van der Waals surface area contributed by atoms with E-state index in [1.807, 2.05) is 12.4 Å². The Labute approximate surface area is 265 Å². The van der Waals surface area contributed by atoms with Crippen LogP contribution in [0.4, 0.5) is 17.2 Å². The largest absolute Gasteiger partial charge is 0.337 e. The molecule has 1 saturated carbocycles. The molecule has 0 spiro atoms. The number of nitrogens with zero attached hydrogens (tertiary/aromatic N) is 6. The molecule has 1 saturated heterocycles. The fourth-order valence-corrected chi connectivity index (χ4v) is 7.65. The number of piperidine rings is 1. The van der Waals surface area contributed by atoms with Gasteiger partial charge in [-0.1, -0.05) is 26.0 Å². The first-order valence-corrected chi connectivity index (χ1v) is 16.4. The van der Waals surface area contributed by atoms with Gasteiger partial charge < -0.3 is 19.4 Å². The molecule has 9 nitrogen and oxygen atoms in total. The van der Waals surface area contributed by atoms with Gasteiger partial charge in [-0.2, -0.15) is 0 Å². The Bertz CT molecular complexity index is 1860. The topological polar surface area (TPSA) is 88.3 Å². The number of amides is 1. The SMILES string of the molecule is CC(C)n1cnc2cc(-c3ccc4c(c3)N([C@H]3C[C@@H](N5CCCC(C)(C)C5)C3)C(=O)C4(C)C)nc(Nc3ccc(=O)n(C)c3)c21. The standard InChI is InChI=1S/C36H45N7O2/c1-22(2)42-21-37-29-18-28(39-33(32(29)42)38-24-10-12-31(44)40(7)19-24)23-9-11-27-30(15-23)43(34(45)36(27,5)6)26-16-25(17-26)41-14-8-13-35(3,4)20-41/h9-12,15,18-19,21-22,25-26H,8,13-14,16-17,20H2,1-7H3,(H,38,39)/t25-,26+. The lowest BCUT2D eigenvalue weighted by atomic mass is 9.78. The minimum Gasteiger partial charge on any atom is -0.337 e. The van der Waals surface area contributed by atoms with Crippen molar-refractivity contribution in [2.75, 3.05) is 23.3 Å². The molecule has 7 rings (SSSR count). The first-order chi connectivity index (χ1) is 21.3. The van der Waals surface area contributed by atoms with Crippen molar-refractivity contribution in [1.29, 1.82) is 0 Å². The second-order valence-corrected chi connectivity index (χ2v) is 15.0. The van der Waals surface area contributed by atoms with E-state index in [4.69, 9.17) is 9.97 Å². The van der Waals surface area contributed by atoms with Crippen LogP contribution in [-0.2, 0) is 17.3 Å². The number of hydrogen-bond donors (Lipinski definition) is 1. The number of nitrogens with one attached hydrogen (secondary N) is 1. The van der Waals surface area contributed by atoms with Gasteiger partial charge in [0.15, 0.2) is 5.82 Å². The molecule has 236 valence electrons. The lowest BCUT2D eigenvalue weighted by molar-refractivity contribution is -0.123. The molecule has 1 aliphatic carbocycles. The van der Waals surface area contributed by atoms with Crippen LogP contribution in [-0.4, -0.2) is 55.1 Å². The number of fused-ring (bicyclic) bond motifs is 2. The summed E-state index contributed by atoms with van der Waals surface area (Å²) in [6.45, 7) is 15.4. The number of anilines is 3. The van der Waals surface area contributed by atoms with Gasteiger partial charge in [0.1, 0.15) is 5.52 Å². The summed E-state index contributed by atoms with van der Waals surface area (Å²) in [5.74, 6) is 0.862. The van der Waals surface area contributed by atoms with Crippen LogP contribution in [0.15, 0.2) is 53.7 Å². The number of likely N-dealkylation sites (tertiary alicyclic amines) is 1. The first kappa shape index (κ1) is 29.7. The van der Waals surface area contributed by atoms with Crippen LogP contribution in [0.3, 0.4) is 0 Å². The summed E-state index contributed by atoms with van der Waals surface area (Å²) < 4.78 is 3.66. The van der Waals surface area contributed by atoms with E-state index in [2.05, 4.69) is 79.4 Å². The van der Waals surface area contributed by atoms with Crippen LogP contribution in [0.25, 0.3) is 22.3 Å². The molecule has 4 aromatic rings. The maximum absolute atomic E-state index is 14.0. The van der Waals surface area contributed by atoms with E-state index in [1.54, 1.807) is 29.9 Å². The number of aryl methyl sites for hydroxylation is 1. The second-order valence-electron chi connectivity index (χ2n) is 15.0. The van der Waals surface area contributed by atoms with E-state index in [9.17, 15) is 9.59 Å². The third-order valence-electron chi connectivity index (χ3n) is 10.3. The number of pyridine rings is 2. The van der Waals surface area contributed by atoms with Gasteiger partial charge in [-0.15, -0.1) is 0 Å². The Hall–Kier alpha value is -3.98. The summed E-state index contributed by atoms with van der Waals surface area (Å²) in [5.41, 5.74) is 6.04. The summed E-state index contributed by atoms with van der Waals surface area (Å²) in [4.78, 5) is 40.6. The maximum atomic E-state index is 14.0. The highest BCUT2D eigenvalue weighted by molar-refractivity contribution is 6.08. The minimum atomic E-state index is -0.574. The highest BCUT2D eigenvalue weighted by Crippen LogP contribution is 2.48. The van der Waals surface area contributed by atoms with Crippen molar-refractivity contribution < 1.29 is 4.79 Å². The van der Waals surface area contributed by atoms with Gasteiger partial charge in [0, 0.05) is 55.2 Å². The zero-order valence-electron chi connectivity index (χ0n) is 27.6. The van der Waals surface area contributed by atoms with E-state index in [0.717, 1.165) is 65.2 Å². The highest BCUT2D eigenvalue weighted by atomic mass is 16.2. The fourth-order valence-electron chi connectivity index (χ4n) is 7.65. The fraction of sp³-hybridized carbons (Fsp3) is 0.500. The second kappa shape index (κ2) is 10.5. The Morgan fingerprint density at radius 1 is 1.00 bits per heavy atom. The molecule has 1 amide bonds. The number of aromatic nitrogens is 4. The van der Waals surface area contributed by atoms with Crippen LogP contribution in [0.2, 0.25) is 0 Å². The van der Waals surface area contributed by atoms with Gasteiger partial charge in [-0.25, -0.2) is 9.97 Å². The summed E-state index contributed by atoms with van der Waals surface area (Å²) in [6, 6.07) is 12.7. The molecule has 3 aliphatic rings. The van der Waals surface area contributed by atoms with Gasteiger partial charge in [0.05, 0.1) is 28.6 Å². The smallest absolute Gasteiger partial charge is 0.250 e. The molecule has 5 heterocycles. The summed E-state index contributed by atoms with van der Waals surface area (Å²) >= 11 is 0. The summed E-state index contributed by atoms with van der Waals surface area (Å²) in [7, 11) is 1.74. The molecule has 3 aromatic heterocycles. The summed E-state index contributed by atoms with van der Waals surface area (Å²) in [6.07, 6.45) is 8.21. The average molecular weight is 608 g/mol. The summed E-state index contributed by atoms with van der Waals surface area (Å²) in [5, 5.41) is 3.47. The van der Waals surface area contributed by atoms with Gasteiger partial charge in [0.25, 0.3) is 0 Å². The Balaban J connectivity index is 1.24. The first-order valence-electron chi connectivity index (χ1n) is 16.4. The molecule has 0 atom stereocenters. The molecule has 0 radical (unpaired) electrons. The maximum Gasteiger partial charge on any atom is 0.250 e. The van der Waals surface area contributed by atoms with Crippen molar-refractivity contribution in [1.82, 2.24) is 24.0 Å². The van der Waals surface area contributed by atoms with Gasteiger partial charge in [0.2, 0.25) is 11.5 Å². The van der Waals surface area contributed by atoms with Gasteiger partial charge in [-0.3, -0.25) is 14.5 Å². The Morgan fingerprint density at radius 2 is 1.78 bits per heavy atom. The van der Waals surface area contributed by atoms with E-state index < -0.39 is 5.41 Å². The van der Waals surface area contributed by atoms with E-state index >= 15 is 0 Å². The predicted molar refractivity (Wildman–Crippen MR) is 180 cm³/mol. The van der Waals surface area contributed by atoms with Crippen molar-refractivity contribution in [3.05, 3.63) is 64.8 Å². The molecule has 0 bridgehead atoms. The highest BCUT2D eigenvalue weighted by Gasteiger charge is 2.50. The van der Waals surface area contributed by atoms with Gasteiger partial charge in [-0.05, 0) is 89.1 Å². The molecule has 2 fully saturated rings. The van der Waals surface area contributed by atoms with Gasteiger partial charge >= 0.3 is 0 Å². The van der Waals surface area contributed by atoms with E-state index in [-0.39, 0.29) is 23.6 Å². The third-order valence-corrected chi connectivity index (χ3v) is 10.3. The lowest BCUT2D eigenvalue weighted by Gasteiger charge is -2.50. The van der Waals surface area contributed by atoms with E-state index in [1.165, 1.54) is 12.8 Å². The third kappa shape index (κ3) is 5.05. The van der Waals surface area contributed by atoms with Crippen molar-refractivity contribution in [2.24, 2.45) is 12.5 Å². The quantitative estimate of drug-likeness (QED) is 0.273. The molecule has 45 heavy (non-hydrogen) atoms. The van der Waals surface area contributed by atoms with Crippen LogP contribution < -0.4 is 15.8 Å². The molecule has 2 aliphatic heterocycles. The monoisotopic (exact) mass is 607 g/mol. The van der Waals surface area contributed by atoms with Crippen molar-refractivity contribution >= 4 is 34.1 Å². The van der Waals surface area contributed by atoms with Crippen molar-refractivity contribution in [3.63, 3.8) is 0 Å². The van der Waals surface area contributed by atoms with Crippen LogP contribution >= 0.6 is 0 Å². The molecule has 0 unspecified atom stereocenters. The van der Waals surface area contributed by atoms with Crippen LogP contribution in [0, 0.1) is 5.41 Å². The number of hydrogen-bond acceptors (Lipinski definition) is 6. The van der Waals surface area contributed by atoms with Crippen molar-refractivity contribution in [3.8, 4) is 11.3 Å². The molecule has 1 aromatic carbocycles. The lowest BCUT2D eigenvalue weighted by Crippen LogP contribution is -2.58. The number of rotatable bonds is 6. The van der Waals surface area contributed by atoms with Crippen LogP contribution in [0.5, 0.6) is 0 Å². The number of carbonyl (C=O) groups excluding carboxylic acids is 1. The number of benzene rings is 1. The predicted octanol–water partition coefficient (Wildman–Crippen LogP) is 6.40. The molecular formula is C36H45N7O2. The van der Waals surface area contributed by atoms with Crippen molar-refractivity contribution in [2.45, 2.75) is 90.8 Å². The molecule has 1 N–H and O–H groups in total. The number of carbonyl (C=O) groups is 1. The minimum absolute atomic E-state index is 0.0719. The van der Waals surface area contributed by atoms with E-state index in [0.29, 0.717) is 17.3 Å². The average Bonchev–Trinajstić information content (AvgIpc) is 3.47. The number of imidazole rings is 1. The Morgan fingerprint density at radius 3 is 2.49 bits per heavy atom. The normalized spacial score (nSPS) is 22.6.